The third-order valence-electron chi connectivity index (χ3n) is 4.35. The molecule has 8 nitrogen and oxygen atoms in total. The Kier molecular flexibility index (Phi) is 6.78. The summed E-state index contributed by atoms with van der Waals surface area (Å²) in [6.07, 6.45) is -4.81. The monoisotopic (exact) mass is 409 g/mol. The zero-order valence-electron chi connectivity index (χ0n) is 16.1. The molecule has 1 unspecified atom stereocenters. The van der Waals surface area contributed by atoms with Gasteiger partial charge in [-0.05, 0) is 24.3 Å². The van der Waals surface area contributed by atoms with Crippen LogP contribution in [0.1, 0.15) is 34.1 Å². The highest BCUT2D eigenvalue weighted by Crippen LogP contribution is 2.31. The number of hydrogen-bond acceptors (Lipinski definition) is 8. The first-order chi connectivity index (χ1) is 14.5. The summed E-state index contributed by atoms with van der Waals surface area (Å²) in [7, 11) is 0. The molecule has 2 aromatic carbocycles. The Bertz CT molecular complexity index is 939. The number of nitrogens with zero attached hydrogens (tertiary/aromatic N) is 1. The molecule has 0 saturated carbocycles. The lowest BCUT2D eigenvalue weighted by Crippen LogP contribution is -2.41. The third-order valence-corrected chi connectivity index (χ3v) is 4.35. The molecule has 1 aliphatic rings. The van der Waals surface area contributed by atoms with Crippen molar-refractivity contribution in [1.82, 2.24) is 0 Å². The van der Waals surface area contributed by atoms with E-state index in [1.54, 1.807) is 60.7 Å². The van der Waals surface area contributed by atoms with Crippen LogP contribution in [0.3, 0.4) is 0 Å². The van der Waals surface area contributed by atoms with Gasteiger partial charge in [0, 0.05) is 6.92 Å². The fraction of sp³-hybridized carbons (Fsp3) is 0.273. The lowest BCUT2D eigenvalue weighted by atomic mass is 10.1. The number of benzene rings is 2. The van der Waals surface area contributed by atoms with Crippen LogP contribution < -0.4 is 0 Å². The minimum absolute atomic E-state index is 0.163. The Morgan fingerprint density at radius 1 is 0.867 bits per heavy atom. The second-order valence-corrected chi connectivity index (χ2v) is 6.49. The van der Waals surface area contributed by atoms with Crippen LogP contribution in [0.4, 0.5) is 0 Å². The van der Waals surface area contributed by atoms with Gasteiger partial charge in [-0.2, -0.15) is 5.26 Å². The van der Waals surface area contributed by atoms with E-state index in [9.17, 15) is 14.4 Å². The molecule has 1 fully saturated rings. The Labute approximate surface area is 172 Å². The van der Waals surface area contributed by atoms with Crippen molar-refractivity contribution in [3.05, 3.63) is 71.8 Å². The number of rotatable bonds is 6. The van der Waals surface area contributed by atoms with E-state index in [0.29, 0.717) is 0 Å². The molecule has 154 valence electrons. The molecule has 2 aromatic rings. The number of carbonyl (C=O) groups is 3. The van der Waals surface area contributed by atoms with E-state index in [1.807, 2.05) is 6.07 Å². The van der Waals surface area contributed by atoms with Crippen molar-refractivity contribution in [2.24, 2.45) is 0 Å². The summed E-state index contributed by atoms with van der Waals surface area (Å²) in [5.41, 5.74) is 0.535. The SMILES string of the molecule is CC(=O)OC1O[C@@H](CC#N)[C@@H](OC(=O)c2ccccc2)[C@H]1OC(=O)c1ccccc1. The lowest BCUT2D eigenvalue weighted by Gasteiger charge is -2.23. The fourth-order valence-electron chi connectivity index (χ4n) is 3.00. The highest BCUT2D eigenvalue weighted by Gasteiger charge is 2.51. The van der Waals surface area contributed by atoms with Crippen LogP contribution in [0.5, 0.6) is 0 Å². The van der Waals surface area contributed by atoms with Crippen molar-refractivity contribution < 1.29 is 33.3 Å². The van der Waals surface area contributed by atoms with Crippen LogP contribution in [-0.2, 0) is 23.7 Å². The molecule has 1 saturated heterocycles. The minimum atomic E-state index is -1.32. The second kappa shape index (κ2) is 9.67. The van der Waals surface area contributed by atoms with Gasteiger partial charge in [0.2, 0.25) is 12.4 Å². The van der Waals surface area contributed by atoms with Gasteiger partial charge in [0.1, 0.15) is 6.10 Å². The fourth-order valence-corrected chi connectivity index (χ4v) is 3.00. The van der Waals surface area contributed by atoms with Gasteiger partial charge >= 0.3 is 17.9 Å². The van der Waals surface area contributed by atoms with E-state index in [-0.39, 0.29) is 17.5 Å². The van der Waals surface area contributed by atoms with Gasteiger partial charge < -0.3 is 18.9 Å². The van der Waals surface area contributed by atoms with E-state index in [2.05, 4.69) is 0 Å². The van der Waals surface area contributed by atoms with Crippen LogP contribution in [0.15, 0.2) is 60.7 Å². The van der Waals surface area contributed by atoms with Gasteiger partial charge in [-0.1, -0.05) is 36.4 Å². The van der Waals surface area contributed by atoms with Gasteiger partial charge in [-0.3, -0.25) is 4.79 Å². The van der Waals surface area contributed by atoms with E-state index in [4.69, 9.17) is 24.2 Å². The van der Waals surface area contributed by atoms with Crippen molar-refractivity contribution in [2.75, 3.05) is 0 Å². The van der Waals surface area contributed by atoms with Crippen molar-refractivity contribution in [3.8, 4) is 6.07 Å². The molecule has 0 bridgehead atoms. The summed E-state index contributed by atoms with van der Waals surface area (Å²) >= 11 is 0. The maximum absolute atomic E-state index is 12.6. The predicted molar refractivity (Wildman–Crippen MR) is 102 cm³/mol. The smallest absolute Gasteiger partial charge is 0.338 e. The van der Waals surface area contributed by atoms with E-state index in [0.717, 1.165) is 0 Å². The zero-order valence-corrected chi connectivity index (χ0v) is 16.1. The zero-order chi connectivity index (χ0) is 21.5. The number of hydrogen-bond donors (Lipinski definition) is 0. The Morgan fingerprint density at radius 3 is 1.83 bits per heavy atom. The third kappa shape index (κ3) is 5.01. The molecule has 0 amide bonds. The molecule has 0 N–H and O–H groups in total. The minimum Gasteiger partial charge on any atom is -0.452 e. The summed E-state index contributed by atoms with van der Waals surface area (Å²) in [4.78, 5) is 36.6. The number of ether oxygens (including phenoxy) is 4. The summed E-state index contributed by atoms with van der Waals surface area (Å²) < 4.78 is 21.8. The summed E-state index contributed by atoms with van der Waals surface area (Å²) in [6.45, 7) is 1.17. The van der Waals surface area contributed by atoms with Gasteiger partial charge in [-0.25, -0.2) is 9.59 Å². The van der Waals surface area contributed by atoms with E-state index in [1.165, 1.54) is 6.92 Å². The quantitative estimate of drug-likeness (QED) is 0.529. The van der Waals surface area contributed by atoms with Crippen LogP contribution in [0.2, 0.25) is 0 Å². The molecule has 3 rings (SSSR count). The number of nitriles is 1. The van der Waals surface area contributed by atoms with Crippen molar-refractivity contribution in [1.29, 1.82) is 5.26 Å². The topological polar surface area (TPSA) is 112 Å². The summed E-state index contributed by atoms with van der Waals surface area (Å²) in [6, 6.07) is 18.3. The summed E-state index contributed by atoms with van der Waals surface area (Å²) in [5, 5.41) is 9.12. The first kappa shape index (κ1) is 21.0. The highest BCUT2D eigenvalue weighted by molar-refractivity contribution is 5.90. The van der Waals surface area contributed by atoms with Crippen LogP contribution in [0, 0.1) is 11.3 Å². The van der Waals surface area contributed by atoms with Crippen LogP contribution in [0.25, 0.3) is 0 Å². The molecular formula is C22H19NO7. The van der Waals surface area contributed by atoms with Gasteiger partial charge in [-0.15, -0.1) is 0 Å². The van der Waals surface area contributed by atoms with Gasteiger partial charge in [0.05, 0.1) is 23.6 Å². The normalized spacial score (nSPS) is 22.5. The molecule has 0 radical (unpaired) electrons. The Balaban J connectivity index is 1.86. The predicted octanol–water partition coefficient (Wildman–Crippen LogP) is 2.64. The largest absolute Gasteiger partial charge is 0.452 e. The van der Waals surface area contributed by atoms with Gasteiger partial charge in [0.25, 0.3) is 0 Å². The molecule has 30 heavy (non-hydrogen) atoms. The molecule has 4 atom stereocenters. The van der Waals surface area contributed by atoms with Crippen molar-refractivity contribution in [3.63, 3.8) is 0 Å². The van der Waals surface area contributed by atoms with Crippen LogP contribution in [-0.4, -0.2) is 42.5 Å². The molecule has 0 aliphatic carbocycles. The molecule has 0 aromatic heterocycles. The molecule has 0 spiro atoms. The maximum atomic E-state index is 12.6. The second-order valence-electron chi connectivity index (χ2n) is 6.49. The Morgan fingerprint density at radius 2 is 1.37 bits per heavy atom. The first-order valence-electron chi connectivity index (χ1n) is 9.21. The maximum Gasteiger partial charge on any atom is 0.338 e. The molecule has 1 aliphatic heterocycles. The molecular weight excluding hydrogens is 390 g/mol. The average Bonchev–Trinajstić information content (AvgIpc) is 3.04. The van der Waals surface area contributed by atoms with Crippen LogP contribution >= 0.6 is 0 Å². The van der Waals surface area contributed by atoms with Crippen molar-refractivity contribution in [2.45, 2.75) is 37.9 Å². The highest BCUT2D eigenvalue weighted by atomic mass is 16.7. The van der Waals surface area contributed by atoms with E-state index < -0.39 is 42.5 Å². The summed E-state index contributed by atoms with van der Waals surface area (Å²) in [5.74, 6) is -2.07. The molecule has 1 heterocycles. The molecule has 8 heteroatoms. The van der Waals surface area contributed by atoms with Crippen molar-refractivity contribution >= 4 is 17.9 Å². The van der Waals surface area contributed by atoms with E-state index >= 15 is 0 Å². The number of carbonyl (C=O) groups excluding carboxylic acids is 3. The van der Waals surface area contributed by atoms with Gasteiger partial charge in [0.15, 0.2) is 6.10 Å². The standard InChI is InChI=1S/C22H19NO7/c1-14(24)27-22-19(30-21(26)16-10-6-3-7-11-16)18(17(28-22)12-13-23)29-20(25)15-8-4-2-5-9-15/h2-11,17-19,22H,12H2,1H3/t17-,18+,19+,22?/m0/s1. The number of esters is 3. The lowest BCUT2D eigenvalue weighted by molar-refractivity contribution is -0.185. The Hall–Kier alpha value is -3.70. The first-order valence-corrected chi connectivity index (χ1v) is 9.21. The average molecular weight is 409 g/mol.